The second-order valence-electron chi connectivity index (χ2n) is 5.29. The molecule has 1 saturated heterocycles. The van der Waals surface area contributed by atoms with Gasteiger partial charge in [-0.25, -0.2) is 4.98 Å². The van der Waals surface area contributed by atoms with Gasteiger partial charge in [-0.1, -0.05) is 11.3 Å². The molecular weight excluding hydrogens is 246 g/mol. The Morgan fingerprint density at radius 1 is 1.56 bits per heavy atom. The fraction of sp³-hybridized carbons (Fsp3) is 0.769. The highest BCUT2D eigenvalue weighted by Gasteiger charge is 2.24. The molecule has 2 rings (SSSR count). The van der Waals surface area contributed by atoms with E-state index in [1.54, 1.807) is 18.3 Å². The van der Waals surface area contributed by atoms with Crippen molar-refractivity contribution in [2.24, 2.45) is 0 Å². The molecule has 0 spiro atoms. The molecule has 0 saturated carbocycles. The molecule has 0 aliphatic carbocycles. The molecule has 1 aliphatic heterocycles. The van der Waals surface area contributed by atoms with Gasteiger partial charge >= 0.3 is 0 Å². The van der Waals surface area contributed by atoms with Crippen molar-refractivity contribution < 1.29 is 5.11 Å². The average Bonchev–Trinajstić information content (AvgIpc) is 2.70. The van der Waals surface area contributed by atoms with Crippen LogP contribution in [0, 0.1) is 6.92 Å². The first-order chi connectivity index (χ1) is 8.49. The number of aryl methyl sites for hydroxylation is 1. The number of hydrogen-bond donors (Lipinski definition) is 1. The third-order valence-corrected chi connectivity index (χ3v) is 5.07. The van der Waals surface area contributed by atoms with E-state index in [2.05, 4.69) is 28.9 Å². The summed E-state index contributed by atoms with van der Waals surface area (Å²) in [4.78, 5) is 10.2. The van der Waals surface area contributed by atoms with Gasteiger partial charge < -0.3 is 14.9 Å². The fourth-order valence-corrected chi connectivity index (χ4v) is 3.58. The molecule has 0 radical (unpaired) electrons. The molecule has 1 aromatic heterocycles. The molecule has 2 atom stereocenters. The van der Waals surface area contributed by atoms with Gasteiger partial charge in [0.25, 0.3) is 0 Å². The first kappa shape index (κ1) is 13.8. The van der Waals surface area contributed by atoms with Gasteiger partial charge in [0, 0.05) is 19.6 Å². The van der Waals surface area contributed by atoms with Crippen molar-refractivity contribution in [3.8, 4) is 0 Å². The second kappa shape index (κ2) is 5.55. The summed E-state index contributed by atoms with van der Waals surface area (Å²) in [5.41, 5.74) is 0.959. The molecule has 0 amide bonds. The summed E-state index contributed by atoms with van der Waals surface area (Å²) >= 11 is 1.62. The van der Waals surface area contributed by atoms with E-state index in [1.807, 2.05) is 6.92 Å². The van der Waals surface area contributed by atoms with Gasteiger partial charge in [0.2, 0.25) is 0 Å². The predicted octanol–water partition coefficient (Wildman–Crippen LogP) is 2.04. The van der Waals surface area contributed by atoms with Gasteiger partial charge in [0.15, 0.2) is 5.13 Å². The average molecular weight is 269 g/mol. The molecule has 1 fully saturated rings. The quantitative estimate of drug-likeness (QED) is 0.911. The van der Waals surface area contributed by atoms with Crippen LogP contribution < -0.4 is 4.90 Å². The van der Waals surface area contributed by atoms with E-state index in [0.29, 0.717) is 6.04 Å². The molecule has 0 aromatic carbocycles. The van der Waals surface area contributed by atoms with Crippen LogP contribution in [-0.4, -0.2) is 48.2 Å². The maximum Gasteiger partial charge on any atom is 0.185 e. The second-order valence-corrected chi connectivity index (χ2v) is 6.30. The van der Waals surface area contributed by atoms with E-state index in [9.17, 15) is 5.11 Å². The van der Waals surface area contributed by atoms with Gasteiger partial charge in [-0.3, -0.25) is 0 Å². The van der Waals surface area contributed by atoms with Gasteiger partial charge in [-0.15, -0.1) is 0 Å². The lowest BCUT2D eigenvalue weighted by molar-refractivity contribution is 0.202. The largest absolute Gasteiger partial charge is 0.388 e. The van der Waals surface area contributed by atoms with Gasteiger partial charge in [0.05, 0.1) is 16.7 Å². The van der Waals surface area contributed by atoms with Crippen LogP contribution in [0.1, 0.15) is 36.4 Å². The summed E-state index contributed by atoms with van der Waals surface area (Å²) in [6, 6.07) is 0.538. The van der Waals surface area contributed by atoms with E-state index >= 15 is 0 Å². The van der Waals surface area contributed by atoms with Crippen LogP contribution in [0.15, 0.2) is 0 Å². The van der Waals surface area contributed by atoms with Crippen molar-refractivity contribution in [3.63, 3.8) is 0 Å². The summed E-state index contributed by atoms with van der Waals surface area (Å²) in [7, 11) is 4.29. The summed E-state index contributed by atoms with van der Waals surface area (Å²) in [6.45, 7) is 6.07. The highest BCUT2D eigenvalue weighted by Crippen LogP contribution is 2.32. The van der Waals surface area contributed by atoms with Crippen molar-refractivity contribution in [3.05, 3.63) is 10.6 Å². The number of nitrogens with zero attached hydrogens (tertiary/aromatic N) is 3. The molecule has 1 N–H and O–H groups in total. The summed E-state index contributed by atoms with van der Waals surface area (Å²) in [6.07, 6.45) is 2.06. The van der Waals surface area contributed by atoms with E-state index in [-0.39, 0.29) is 0 Å². The number of aromatic nitrogens is 1. The number of rotatable bonds is 3. The van der Waals surface area contributed by atoms with E-state index < -0.39 is 6.10 Å². The normalized spacial score (nSPS) is 23.1. The molecule has 18 heavy (non-hydrogen) atoms. The van der Waals surface area contributed by atoms with Crippen molar-refractivity contribution in [1.29, 1.82) is 0 Å². The van der Waals surface area contributed by atoms with E-state index in [0.717, 1.165) is 22.2 Å². The SMILES string of the molecule is Cc1nc(N(C)C2CCCN(C)C2)sc1C(C)O. The lowest BCUT2D eigenvalue weighted by atomic mass is 10.1. The number of anilines is 1. The lowest BCUT2D eigenvalue weighted by Crippen LogP contribution is -2.45. The zero-order chi connectivity index (χ0) is 13.3. The first-order valence-electron chi connectivity index (χ1n) is 6.55. The Kier molecular flexibility index (Phi) is 4.25. The van der Waals surface area contributed by atoms with Gasteiger partial charge in [-0.05, 0) is 40.3 Å². The number of hydrogen-bond acceptors (Lipinski definition) is 5. The Morgan fingerprint density at radius 2 is 2.28 bits per heavy atom. The third kappa shape index (κ3) is 2.84. The molecule has 4 nitrogen and oxygen atoms in total. The molecule has 2 unspecified atom stereocenters. The number of aliphatic hydroxyl groups excluding tert-OH is 1. The Bertz CT molecular complexity index is 405. The van der Waals surface area contributed by atoms with Gasteiger partial charge in [-0.2, -0.15) is 0 Å². The van der Waals surface area contributed by atoms with Gasteiger partial charge in [0.1, 0.15) is 0 Å². The summed E-state index contributed by atoms with van der Waals surface area (Å²) in [5, 5.41) is 10.7. The minimum Gasteiger partial charge on any atom is -0.388 e. The number of likely N-dealkylation sites (tertiary alicyclic amines) is 1. The Labute approximate surface area is 113 Å². The standard InChI is InChI=1S/C13H23N3OS/c1-9-12(10(2)17)18-13(14-9)16(4)11-6-5-7-15(3)8-11/h10-11,17H,5-8H2,1-4H3. The van der Waals surface area contributed by atoms with Crippen LogP contribution in [-0.2, 0) is 0 Å². The van der Waals surface area contributed by atoms with Crippen LogP contribution in [0.3, 0.4) is 0 Å². The Balaban J connectivity index is 2.13. The number of thiazole rings is 1. The number of aliphatic hydroxyl groups is 1. The smallest absolute Gasteiger partial charge is 0.185 e. The fourth-order valence-electron chi connectivity index (χ4n) is 2.54. The first-order valence-corrected chi connectivity index (χ1v) is 7.37. The third-order valence-electron chi connectivity index (χ3n) is 3.65. The maximum absolute atomic E-state index is 9.70. The highest BCUT2D eigenvalue weighted by molar-refractivity contribution is 7.15. The molecule has 1 aliphatic rings. The Hall–Kier alpha value is -0.650. The zero-order valence-electron chi connectivity index (χ0n) is 11.7. The van der Waals surface area contributed by atoms with Crippen molar-refractivity contribution in [2.75, 3.05) is 32.1 Å². The van der Waals surface area contributed by atoms with Crippen LogP contribution in [0.2, 0.25) is 0 Å². The Morgan fingerprint density at radius 3 is 2.83 bits per heavy atom. The van der Waals surface area contributed by atoms with E-state index in [1.165, 1.54) is 19.4 Å². The van der Waals surface area contributed by atoms with Crippen molar-refractivity contribution >= 4 is 16.5 Å². The van der Waals surface area contributed by atoms with Crippen molar-refractivity contribution in [2.45, 2.75) is 38.8 Å². The number of piperidine rings is 1. The molecular formula is C13H23N3OS. The summed E-state index contributed by atoms with van der Waals surface area (Å²) < 4.78 is 0. The zero-order valence-corrected chi connectivity index (χ0v) is 12.5. The highest BCUT2D eigenvalue weighted by atomic mass is 32.1. The molecule has 102 valence electrons. The minimum atomic E-state index is -0.418. The topological polar surface area (TPSA) is 39.6 Å². The summed E-state index contributed by atoms with van der Waals surface area (Å²) in [5.74, 6) is 0. The molecule has 1 aromatic rings. The van der Waals surface area contributed by atoms with Crippen molar-refractivity contribution in [1.82, 2.24) is 9.88 Å². The molecule has 0 bridgehead atoms. The lowest BCUT2D eigenvalue weighted by Gasteiger charge is -2.35. The van der Waals surface area contributed by atoms with Crippen LogP contribution in [0.4, 0.5) is 5.13 Å². The maximum atomic E-state index is 9.70. The monoisotopic (exact) mass is 269 g/mol. The predicted molar refractivity (Wildman–Crippen MR) is 76.4 cm³/mol. The van der Waals surface area contributed by atoms with E-state index in [4.69, 9.17) is 0 Å². The molecule has 2 heterocycles. The molecule has 5 heteroatoms. The number of likely N-dealkylation sites (N-methyl/N-ethyl adjacent to an activating group) is 2. The minimum absolute atomic E-state index is 0.418. The van der Waals surface area contributed by atoms with Crippen LogP contribution in [0.25, 0.3) is 0 Å². The van der Waals surface area contributed by atoms with Crippen LogP contribution >= 0.6 is 11.3 Å². The van der Waals surface area contributed by atoms with Crippen LogP contribution in [0.5, 0.6) is 0 Å².